The number of likely N-dealkylation sites (tertiary alicyclic amines) is 1. The van der Waals surface area contributed by atoms with E-state index >= 15 is 0 Å². The number of anilines is 1. The molecule has 0 radical (unpaired) electrons. The van der Waals surface area contributed by atoms with Gasteiger partial charge in [-0.05, 0) is 71.9 Å². The Morgan fingerprint density at radius 1 is 1.18 bits per heavy atom. The van der Waals surface area contributed by atoms with Gasteiger partial charge in [-0.1, -0.05) is 5.16 Å². The minimum absolute atomic E-state index is 0.0140. The highest BCUT2D eigenvalue weighted by atomic mass is 19.4. The van der Waals surface area contributed by atoms with Gasteiger partial charge in [0.2, 0.25) is 11.7 Å². The van der Waals surface area contributed by atoms with Crippen LogP contribution in [0.2, 0.25) is 0 Å². The first-order valence-corrected chi connectivity index (χ1v) is 13.2. The van der Waals surface area contributed by atoms with E-state index in [1.54, 1.807) is 23.0 Å². The first-order chi connectivity index (χ1) is 18.9. The van der Waals surface area contributed by atoms with Crippen molar-refractivity contribution < 1.29 is 22.5 Å². The van der Waals surface area contributed by atoms with Gasteiger partial charge in [-0.25, -0.2) is 0 Å². The summed E-state index contributed by atoms with van der Waals surface area (Å²) in [6, 6.07) is 5.36. The van der Waals surface area contributed by atoms with Crippen LogP contribution >= 0.6 is 0 Å². The van der Waals surface area contributed by atoms with Crippen molar-refractivity contribution in [1.29, 1.82) is 0 Å². The number of carbonyl (C=O) groups excluding carboxylic acids is 1. The molecule has 4 heterocycles. The van der Waals surface area contributed by atoms with E-state index in [2.05, 4.69) is 37.8 Å². The molecule has 0 atom stereocenters. The molecule has 10 nitrogen and oxygen atoms in total. The molecule has 1 aliphatic heterocycles. The highest BCUT2D eigenvalue weighted by Crippen LogP contribution is 2.33. The molecule has 5 rings (SSSR count). The third-order valence-corrected chi connectivity index (χ3v) is 6.98. The predicted molar refractivity (Wildman–Crippen MR) is 144 cm³/mol. The summed E-state index contributed by atoms with van der Waals surface area (Å²) in [5, 5.41) is 15.3. The van der Waals surface area contributed by atoms with E-state index in [9.17, 15) is 18.0 Å². The van der Waals surface area contributed by atoms with Crippen molar-refractivity contribution in [3.8, 4) is 11.4 Å². The van der Waals surface area contributed by atoms with Crippen molar-refractivity contribution in [2.45, 2.75) is 64.5 Å². The molecule has 214 valence electrons. The van der Waals surface area contributed by atoms with Crippen molar-refractivity contribution in [1.82, 2.24) is 34.7 Å². The first-order valence-electron chi connectivity index (χ1n) is 13.2. The maximum atomic E-state index is 13.3. The fourth-order valence-corrected chi connectivity index (χ4v) is 4.76. The number of hydrogen-bond donors (Lipinski definition) is 2. The second-order valence-corrected chi connectivity index (χ2v) is 11.3. The van der Waals surface area contributed by atoms with Gasteiger partial charge in [0.25, 0.3) is 5.91 Å². The summed E-state index contributed by atoms with van der Waals surface area (Å²) in [6.07, 6.45) is 2.08. The summed E-state index contributed by atoms with van der Waals surface area (Å²) in [5.74, 6) is 0.0475. The maximum Gasteiger partial charge on any atom is 0.406 e. The lowest BCUT2D eigenvalue weighted by molar-refractivity contribution is -0.139. The van der Waals surface area contributed by atoms with Crippen LogP contribution in [0.4, 0.5) is 18.9 Å². The van der Waals surface area contributed by atoms with E-state index in [0.717, 1.165) is 31.6 Å². The van der Waals surface area contributed by atoms with Gasteiger partial charge < -0.3 is 24.6 Å². The summed E-state index contributed by atoms with van der Waals surface area (Å²) in [6.45, 7) is 6.69. The third kappa shape index (κ3) is 6.30. The molecule has 2 N–H and O–H groups in total. The van der Waals surface area contributed by atoms with Crippen molar-refractivity contribution in [2.24, 2.45) is 0 Å². The molecule has 40 heavy (non-hydrogen) atoms. The number of carbonyl (C=O) groups is 1. The topological polar surface area (TPSA) is 106 Å². The van der Waals surface area contributed by atoms with Crippen LogP contribution in [-0.2, 0) is 18.6 Å². The number of hydrogen-bond acceptors (Lipinski definition) is 7. The third-order valence-electron chi connectivity index (χ3n) is 6.98. The number of nitrogens with one attached hydrogen (secondary N) is 2. The van der Waals surface area contributed by atoms with Gasteiger partial charge in [-0.15, -0.1) is 0 Å². The fourth-order valence-electron chi connectivity index (χ4n) is 4.76. The number of aromatic nitrogens is 5. The quantitative estimate of drug-likeness (QED) is 0.340. The van der Waals surface area contributed by atoms with Crippen LogP contribution in [0.25, 0.3) is 22.3 Å². The Hall–Kier alpha value is -3.87. The number of benzene rings is 1. The molecule has 0 bridgehead atoms. The average molecular weight is 559 g/mol. The number of nitrogens with zero attached hydrogens (tertiary/aromatic N) is 6. The number of piperidine rings is 1. The number of amides is 1. The van der Waals surface area contributed by atoms with Crippen LogP contribution in [0.5, 0.6) is 0 Å². The monoisotopic (exact) mass is 558 g/mol. The zero-order valence-corrected chi connectivity index (χ0v) is 22.9. The molecule has 3 aromatic heterocycles. The lowest BCUT2D eigenvalue weighted by Crippen LogP contribution is -2.36. The van der Waals surface area contributed by atoms with Crippen LogP contribution in [0.3, 0.4) is 0 Å². The Balaban J connectivity index is 1.38. The normalized spacial score (nSPS) is 15.6. The Bertz CT molecular complexity index is 1490. The van der Waals surface area contributed by atoms with Crippen LogP contribution in [0.15, 0.2) is 41.3 Å². The van der Waals surface area contributed by atoms with Crippen molar-refractivity contribution in [3.05, 3.63) is 48.2 Å². The zero-order valence-electron chi connectivity index (χ0n) is 22.9. The van der Waals surface area contributed by atoms with Crippen LogP contribution in [0, 0.1) is 0 Å². The second kappa shape index (κ2) is 10.6. The fraction of sp³-hybridized carbons (Fsp3) is 0.481. The minimum atomic E-state index is -4.37. The smallest absolute Gasteiger partial charge is 0.382 e. The molecular weight excluding hydrogens is 525 g/mol. The van der Waals surface area contributed by atoms with E-state index in [0.29, 0.717) is 22.0 Å². The van der Waals surface area contributed by atoms with E-state index in [4.69, 9.17) is 4.52 Å². The maximum absolute atomic E-state index is 13.3. The highest BCUT2D eigenvalue weighted by Gasteiger charge is 2.29. The first kappa shape index (κ1) is 27.7. The Kier molecular flexibility index (Phi) is 7.34. The summed E-state index contributed by atoms with van der Waals surface area (Å²) in [5.41, 5.74) is 1.79. The average Bonchev–Trinajstić information content (AvgIpc) is 3.63. The molecular formula is C27H33F3N8O2. The number of rotatable bonds is 7. The van der Waals surface area contributed by atoms with Gasteiger partial charge in [0.15, 0.2) is 0 Å². The van der Waals surface area contributed by atoms with E-state index < -0.39 is 12.7 Å². The Labute approximate surface area is 229 Å². The zero-order chi connectivity index (χ0) is 28.7. The Morgan fingerprint density at radius 3 is 2.60 bits per heavy atom. The number of alkyl halides is 3. The summed E-state index contributed by atoms with van der Waals surface area (Å²) >= 11 is 0. The molecule has 0 unspecified atom stereocenters. The molecule has 4 aromatic rings. The minimum Gasteiger partial charge on any atom is -0.382 e. The molecule has 1 saturated heterocycles. The molecule has 1 aromatic carbocycles. The lowest BCUT2D eigenvalue weighted by Gasteiger charge is -2.30. The molecule has 1 fully saturated rings. The molecule has 13 heteroatoms. The van der Waals surface area contributed by atoms with Gasteiger partial charge in [-0.3, -0.25) is 9.48 Å². The highest BCUT2D eigenvalue weighted by molar-refractivity contribution is 5.96. The lowest BCUT2D eigenvalue weighted by atomic mass is 10.0. The second-order valence-electron chi connectivity index (χ2n) is 11.3. The van der Waals surface area contributed by atoms with Gasteiger partial charge in [0.05, 0.1) is 29.4 Å². The van der Waals surface area contributed by atoms with Crippen molar-refractivity contribution >= 4 is 22.5 Å². The SMILES string of the molecule is CN1CCC(Nc2cc(-c3noc(CNC(=O)c4cnn(C(C)(C)C)c4)n3)cc3c2ccn3CC(F)(F)F)CC1. The number of fused-ring (bicyclic) bond motifs is 1. The van der Waals surface area contributed by atoms with Gasteiger partial charge >= 0.3 is 6.18 Å². The van der Waals surface area contributed by atoms with Crippen molar-refractivity contribution in [2.75, 3.05) is 25.5 Å². The van der Waals surface area contributed by atoms with Gasteiger partial charge in [-0.2, -0.15) is 23.3 Å². The Morgan fingerprint density at radius 2 is 1.93 bits per heavy atom. The van der Waals surface area contributed by atoms with Crippen LogP contribution < -0.4 is 10.6 Å². The summed E-state index contributed by atoms with van der Waals surface area (Å²) in [7, 11) is 2.07. The summed E-state index contributed by atoms with van der Waals surface area (Å²) in [4.78, 5) is 19.3. The summed E-state index contributed by atoms with van der Waals surface area (Å²) < 4.78 is 48.1. The van der Waals surface area contributed by atoms with Gasteiger partial charge in [0, 0.05) is 35.1 Å². The number of halogens is 3. The molecule has 1 amide bonds. The molecule has 1 aliphatic rings. The van der Waals surface area contributed by atoms with Crippen LogP contribution in [-0.4, -0.2) is 67.7 Å². The van der Waals surface area contributed by atoms with E-state index in [1.807, 2.05) is 26.8 Å². The van der Waals surface area contributed by atoms with Crippen molar-refractivity contribution in [3.63, 3.8) is 0 Å². The van der Waals surface area contributed by atoms with E-state index in [-0.39, 0.29) is 35.7 Å². The largest absolute Gasteiger partial charge is 0.406 e. The standard InChI is InChI=1S/C27H33F3N8O2/c1-26(2,3)38-15-18(13-32-38)25(39)31-14-23-34-24(35-40-23)17-11-21(33-19-5-8-36(4)9-6-19)20-7-10-37(22(20)12-17)16-27(28,29)30/h7,10-13,15,19,33H,5-6,8-9,14,16H2,1-4H3,(H,31,39). The molecule has 0 saturated carbocycles. The predicted octanol–water partition coefficient (Wildman–Crippen LogP) is 4.64. The molecule has 0 spiro atoms. The van der Waals surface area contributed by atoms with Gasteiger partial charge in [0.1, 0.15) is 6.54 Å². The molecule has 0 aliphatic carbocycles. The van der Waals surface area contributed by atoms with E-state index in [1.165, 1.54) is 17.0 Å². The van der Waals surface area contributed by atoms with Crippen LogP contribution in [0.1, 0.15) is 49.9 Å².